The number of methoxy groups -OCH3 is 1. The van der Waals surface area contributed by atoms with Crippen molar-refractivity contribution < 1.29 is 9.15 Å². The molecule has 0 aliphatic rings. The molecule has 3 aromatic carbocycles. The van der Waals surface area contributed by atoms with Crippen LogP contribution in [0, 0.1) is 0 Å². The third-order valence-corrected chi connectivity index (χ3v) is 4.92. The largest absolute Gasteiger partial charge is 0.496 e. The quantitative estimate of drug-likeness (QED) is 0.381. The average molecular weight is 459 g/mol. The summed E-state index contributed by atoms with van der Waals surface area (Å²) in [5.41, 5.74) is 10.6. The number of hydrogen-bond donors (Lipinski definition) is 1. The fourth-order valence-corrected chi connectivity index (χ4v) is 3.49. The summed E-state index contributed by atoms with van der Waals surface area (Å²) in [6, 6.07) is 23.6. The predicted octanol–water partition coefficient (Wildman–Crippen LogP) is 6.31. The maximum Gasteiger partial charge on any atom is 0.134 e. The van der Waals surface area contributed by atoms with Crippen molar-refractivity contribution in [2.24, 2.45) is 5.73 Å². The number of nitrogens with two attached hydrogens (primary N) is 1. The second kappa shape index (κ2) is 8.82. The highest BCUT2D eigenvalue weighted by Crippen LogP contribution is 2.33. The van der Waals surface area contributed by atoms with Gasteiger partial charge in [-0.15, -0.1) is 17.0 Å². The molecule has 0 fully saturated rings. The van der Waals surface area contributed by atoms with E-state index in [1.807, 2.05) is 30.3 Å². The molecule has 1 heterocycles. The first-order valence-electron chi connectivity index (χ1n) is 8.79. The Morgan fingerprint density at radius 1 is 0.964 bits per heavy atom. The number of fused-ring (bicyclic) bond motifs is 1. The van der Waals surface area contributed by atoms with Crippen LogP contribution in [0.4, 0.5) is 0 Å². The number of rotatable bonds is 5. The Morgan fingerprint density at radius 3 is 2.50 bits per heavy atom. The van der Waals surface area contributed by atoms with E-state index in [1.165, 1.54) is 11.1 Å². The minimum Gasteiger partial charge on any atom is -0.496 e. The van der Waals surface area contributed by atoms with Gasteiger partial charge in [0.2, 0.25) is 0 Å². The molecule has 0 aliphatic heterocycles. The van der Waals surface area contributed by atoms with E-state index < -0.39 is 6.04 Å². The summed E-state index contributed by atoms with van der Waals surface area (Å²) in [6.07, 6.45) is 0.880. The van der Waals surface area contributed by atoms with Crippen LogP contribution in [-0.4, -0.2) is 7.11 Å². The topological polar surface area (TPSA) is 48.4 Å². The third kappa shape index (κ3) is 4.25. The minimum absolute atomic E-state index is 0. The molecular formula is C23H21BrClNO2. The molecule has 1 unspecified atom stereocenters. The standard InChI is InChI=1S/C23H20ClNO2.BrH/c1-26-21-10-8-18(24)14-19(21)23(25)22-13-17-12-16(7-9-20(17)27-22)11-15-5-3-2-4-6-15;/h2-10,12-14,23H,11,25H2,1H3;1H. The normalized spacial score (nSPS) is 11.8. The van der Waals surface area contributed by atoms with E-state index >= 15 is 0 Å². The summed E-state index contributed by atoms with van der Waals surface area (Å²) in [4.78, 5) is 0. The smallest absolute Gasteiger partial charge is 0.134 e. The van der Waals surface area contributed by atoms with E-state index in [-0.39, 0.29) is 17.0 Å². The zero-order chi connectivity index (χ0) is 18.8. The van der Waals surface area contributed by atoms with E-state index in [0.717, 1.165) is 23.0 Å². The summed E-state index contributed by atoms with van der Waals surface area (Å²) in [5.74, 6) is 1.37. The van der Waals surface area contributed by atoms with Crippen LogP contribution in [-0.2, 0) is 6.42 Å². The Kier molecular flexibility index (Phi) is 6.45. The summed E-state index contributed by atoms with van der Waals surface area (Å²) < 4.78 is 11.4. The lowest BCUT2D eigenvalue weighted by atomic mass is 10.0. The number of halogens is 2. The van der Waals surface area contributed by atoms with Gasteiger partial charge in [-0.25, -0.2) is 0 Å². The van der Waals surface area contributed by atoms with E-state index in [2.05, 4.69) is 36.4 Å². The molecule has 0 bridgehead atoms. The molecule has 0 radical (unpaired) electrons. The van der Waals surface area contributed by atoms with Crippen LogP contribution < -0.4 is 10.5 Å². The second-order valence-corrected chi connectivity index (χ2v) is 6.98. The maximum absolute atomic E-state index is 6.45. The molecule has 0 aliphatic carbocycles. The Morgan fingerprint density at radius 2 is 1.75 bits per heavy atom. The second-order valence-electron chi connectivity index (χ2n) is 6.55. The summed E-state index contributed by atoms with van der Waals surface area (Å²) in [7, 11) is 1.62. The number of hydrogen-bond acceptors (Lipinski definition) is 3. The number of furan rings is 1. The SMILES string of the molecule is Br.COc1ccc(Cl)cc1C(N)c1cc2cc(Cc3ccccc3)ccc2o1. The molecule has 2 N–H and O–H groups in total. The highest BCUT2D eigenvalue weighted by atomic mass is 79.9. The summed E-state index contributed by atoms with van der Waals surface area (Å²) >= 11 is 6.14. The zero-order valence-corrected chi connectivity index (χ0v) is 17.9. The molecular weight excluding hydrogens is 438 g/mol. The first-order chi connectivity index (χ1) is 13.1. The van der Waals surface area contributed by atoms with Crippen molar-refractivity contribution >= 4 is 39.6 Å². The van der Waals surface area contributed by atoms with E-state index in [0.29, 0.717) is 16.5 Å². The van der Waals surface area contributed by atoms with Gasteiger partial charge in [0, 0.05) is 16.0 Å². The van der Waals surface area contributed by atoms with Crippen molar-refractivity contribution in [2.75, 3.05) is 7.11 Å². The van der Waals surface area contributed by atoms with Gasteiger partial charge in [-0.3, -0.25) is 0 Å². The van der Waals surface area contributed by atoms with Gasteiger partial charge in [-0.05, 0) is 53.9 Å². The van der Waals surface area contributed by atoms with Gasteiger partial charge in [0.05, 0.1) is 13.2 Å². The molecule has 0 saturated carbocycles. The molecule has 0 saturated heterocycles. The lowest BCUT2D eigenvalue weighted by Crippen LogP contribution is -2.12. The summed E-state index contributed by atoms with van der Waals surface area (Å²) in [5, 5.41) is 1.65. The summed E-state index contributed by atoms with van der Waals surface area (Å²) in [6.45, 7) is 0. The van der Waals surface area contributed by atoms with Gasteiger partial charge in [-0.2, -0.15) is 0 Å². The molecule has 0 spiro atoms. The highest BCUT2D eigenvalue weighted by Gasteiger charge is 2.19. The average Bonchev–Trinajstić information content (AvgIpc) is 3.11. The van der Waals surface area contributed by atoms with Crippen LogP contribution >= 0.6 is 28.6 Å². The van der Waals surface area contributed by atoms with Crippen molar-refractivity contribution in [3.8, 4) is 5.75 Å². The molecule has 144 valence electrons. The fourth-order valence-electron chi connectivity index (χ4n) is 3.31. The Bertz CT molecular complexity index is 1080. The van der Waals surface area contributed by atoms with Gasteiger partial charge < -0.3 is 14.9 Å². The molecule has 28 heavy (non-hydrogen) atoms. The van der Waals surface area contributed by atoms with Crippen molar-refractivity contribution in [3.05, 3.63) is 100 Å². The van der Waals surface area contributed by atoms with Crippen molar-refractivity contribution in [2.45, 2.75) is 12.5 Å². The van der Waals surface area contributed by atoms with Gasteiger partial charge >= 0.3 is 0 Å². The molecule has 1 atom stereocenters. The Balaban J connectivity index is 0.00000225. The first-order valence-corrected chi connectivity index (χ1v) is 9.17. The van der Waals surface area contributed by atoms with Crippen molar-refractivity contribution in [3.63, 3.8) is 0 Å². The van der Waals surface area contributed by atoms with Gasteiger partial charge in [0.15, 0.2) is 0 Å². The monoisotopic (exact) mass is 457 g/mol. The van der Waals surface area contributed by atoms with Gasteiger partial charge in [-0.1, -0.05) is 48.0 Å². The van der Waals surface area contributed by atoms with Crippen molar-refractivity contribution in [1.29, 1.82) is 0 Å². The molecule has 1 aromatic heterocycles. The van der Waals surface area contributed by atoms with E-state index in [9.17, 15) is 0 Å². The van der Waals surface area contributed by atoms with Crippen LogP contribution in [0.1, 0.15) is 28.5 Å². The van der Waals surface area contributed by atoms with E-state index in [1.54, 1.807) is 13.2 Å². The molecule has 0 amide bonds. The molecule has 3 nitrogen and oxygen atoms in total. The van der Waals surface area contributed by atoms with Crippen LogP contribution in [0.25, 0.3) is 11.0 Å². The van der Waals surface area contributed by atoms with Gasteiger partial charge in [0.25, 0.3) is 0 Å². The minimum atomic E-state index is -0.455. The number of ether oxygens (including phenoxy) is 1. The maximum atomic E-state index is 6.45. The Hall–Kier alpha value is -2.27. The highest BCUT2D eigenvalue weighted by molar-refractivity contribution is 8.93. The molecule has 5 heteroatoms. The van der Waals surface area contributed by atoms with Crippen LogP contribution in [0.15, 0.2) is 77.2 Å². The lowest BCUT2D eigenvalue weighted by molar-refractivity contribution is 0.404. The number of benzene rings is 3. The zero-order valence-electron chi connectivity index (χ0n) is 15.4. The Labute approximate surface area is 179 Å². The van der Waals surface area contributed by atoms with Crippen LogP contribution in [0.3, 0.4) is 0 Å². The van der Waals surface area contributed by atoms with Gasteiger partial charge in [0.1, 0.15) is 17.1 Å². The van der Waals surface area contributed by atoms with Crippen molar-refractivity contribution in [1.82, 2.24) is 0 Å². The molecule has 4 aromatic rings. The lowest BCUT2D eigenvalue weighted by Gasteiger charge is -2.14. The van der Waals surface area contributed by atoms with Crippen LogP contribution in [0.2, 0.25) is 5.02 Å². The fraction of sp³-hybridized carbons (Fsp3) is 0.130. The molecule has 4 rings (SSSR count). The van der Waals surface area contributed by atoms with E-state index in [4.69, 9.17) is 26.5 Å². The first kappa shape index (κ1) is 20.5. The van der Waals surface area contributed by atoms with Crippen LogP contribution in [0.5, 0.6) is 5.75 Å². The predicted molar refractivity (Wildman–Crippen MR) is 120 cm³/mol. The third-order valence-electron chi connectivity index (χ3n) is 4.68.